The Labute approximate surface area is 155 Å². The van der Waals surface area contributed by atoms with Gasteiger partial charge >= 0.3 is 0 Å². The van der Waals surface area contributed by atoms with Crippen LogP contribution in [0.2, 0.25) is 18.1 Å². The monoisotopic (exact) mass is 357 g/mol. The van der Waals surface area contributed by atoms with Crippen molar-refractivity contribution >= 4 is 8.32 Å². The summed E-state index contributed by atoms with van der Waals surface area (Å²) in [6.45, 7) is 13.7. The molecule has 0 amide bonds. The molecule has 3 heteroatoms. The van der Waals surface area contributed by atoms with Crippen LogP contribution in [0.4, 0.5) is 0 Å². The fourth-order valence-electron chi connectivity index (χ4n) is 3.89. The van der Waals surface area contributed by atoms with Crippen LogP contribution in [0.25, 0.3) is 0 Å². The van der Waals surface area contributed by atoms with Crippen molar-refractivity contribution in [2.45, 2.75) is 83.2 Å². The molecule has 0 radical (unpaired) electrons. The Morgan fingerprint density at radius 1 is 1.12 bits per heavy atom. The summed E-state index contributed by atoms with van der Waals surface area (Å²) in [7, 11) is -1.61. The van der Waals surface area contributed by atoms with Gasteiger partial charge in [-0.2, -0.15) is 0 Å². The lowest BCUT2D eigenvalue weighted by Crippen LogP contribution is -2.41. The molecule has 25 heavy (non-hydrogen) atoms. The Morgan fingerprint density at radius 2 is 1.84 bits per heavy atom. The van der Waals surface area contributed by atoms with Gasteiger partial charge in [0.15, 0.2) is 8.32 Å². The molecule has 2 nitrogen and oxygen atoms in total. The SMILES string of the molecule is CC(C)(C)[Si](C)(C)OCCC1=CC2CCC(C1)N2Cc1ccccc1. The third-order valence-corrected chi connectivity index (χ3v) is 11.1. The van der Waals surface area contributed by atoms with E-state index < -0.39 is 8.32 Å². The van der Waals surface area contributed by atoms with Crippen LogP contribution in [-0.4, -0.2) is 31.9 Å². The molecular weight excluding hydrogens is 322 g/mol. The van der Waals surface area contributed by atoms with Crippen LogP contribution in [0.5, 0.6) is 0 Å². The second-order valence-corrected chi connectivity index (χ2v) is 14.2. The van der Waals surface area contributed by atoms with E-state index in [1.54, 1.807) is 5.57 Å². The molecule has 3 rings (SSSR count). The highest BCUT2D eigenvalue weighted by Gasteiger charge is 2.38. The molecule has 0 aliphatic carbocycles. The minimum absolute atomic E-state index is 0.305. The van der Waals surface area contributed by atoms with Crippen molar-refractivity contribution in [3.63, 3.8) is 0 Å². The van der Waals surface area contributed by atoms with Crippen molar-refractivity contribution < 1.29 is 4.43 Å². The largest absolute Gasteiger partial charge is 0.417 e. The Kier molecular flexibility index (Phi) is 5.57. The van der Waals surface area contributed by atoms with Gasteiger partial charge in [0.2, 0.25) is 0 Å². The highest BCUT2D eigenvalue weighted by Crippen LogP contribution is 2.39. The molecule has 1 aromatic rings. The second kappa shape index (κ2) is 7.38. The molecule has 2 atom stereocenters. The lowest BCUT2D eigenvalue weighted by atomic mass is 9.98. The molecule has 0 N–H and O–H groups in total. The summed E-state index contributed by atoms with van der Waals surface area (Å²) in [5.41, 5.74) is 3.08. The van der Waals surface area contributed by atoms with E-state index in [1.807, 2.05) is 0 Å². The molecule has 2 aliphatic heterocycles. The predicted octanol–water partition coefficient (Wildman–Crippen LogP) is 5.76. The molecule has 1 saturated heterocycles. The lowest BCUT2D eigenvalue weighted by Gasteiger charge is -2.37. The maximum absolute atomic E-state index is 6.39. The van der Waals surface area contributed by atoms with E-state index in [0.717, 1.165) is 25.6 Å². The van der Waals surface area contributed by atoms with Crippen LogP contribution >= 0.6 is 0 Å². The van der Waals surface area contributed by atoms with Crippen molar-refractivity contribution in [1.82, 2.24) is 4.90 Å². The van der Waals surface area contributed by atoms with Gasteiger partial charge in [0.05, 0.1) is 0 Å². The summed E-state index contributed by atoms with van der Waals surface area (Å²) >= 11 is 0. The van der Waals surface area contributed by atoms with Crippen molar-refractivity contribution in [3.8, 4) is 0 Å². The van der Waals surface area contributed by atoms with Gasteiger partial charge in [-0.05, 0) is 49.4 Å². The van der Waals surface area contributed by atoms with E-state index in [9.17, 15) is 0 Å². The van der Waals surface area contributed by atoms with Crippen LogP contribution in [0.3, 0.4) is 0 Å². The zero-order chi connectivity index (χ0) is 18.1. The van der Waals surface area contributed by atoms with E-state index in [2.05, 4.69) is 75.2 Å². The van der Waals surface area contributed by atoms with Crippen molar-refractivity contribution in [3.05, 3.63) is 47.5 Å². The smallest absolute Gasteiger partial charge is 0.191 e. The normalized spacial score (nSPS) is 24.4. The first-order chi connectivity index (χ1) is 11.8. The zero-order valence-corrected chi connectivity index (χ0v) is 17.7. The molecule has 2 bridgehead atoms. The van der Waals surface area contributed by atoms with Crippen molar-refractivity contribution in [1.29, 1.82) is 0 Å². The van der Waals surface area contributed by atoms with Gasteiger partial charge < -0.3 is 4.43 Å². The fourth-order valence-corrected chi connectivity index (χ4v) is 4.93. The first kappa shape index (κ1) is 18.9. The third kappa shape index (κ3) is 4.44. The van der Waals surface area contributed by atoms with Crippen LogP contribution in [-0.2, 0) is 11.0 Å². The van der Waals surface area contributed by atoms with Gasteiger partial charge in [-0.25, -0.2) is 0 Å². The van der Waals surface area contributed by atoms with Crippen molar-refractivity contribution in [2.75, 3.05) is 6.61 Å². The number of hydrogen-bond acceptors (Lipinski definition) is 2. The summed E-state index contributed by atoms with van der Waals surface area (Å²) in [5, 5.41) is 0.305. The number of nitrogens with zero attached hydrogens (tertiary/aromatic N) is 1. The minimum Gasteiger partial charge on any atom is -0.417 e. The second-order valence-electron chi connectivity index (χ2n) is 9.34. The predicted molar refractivity (Wildman–Crippen MR) is 109 cm³/mol. The summed E-state index contributed by atoms with van der Waals surface area (Å²) in [6, 6.07) is 12.3. The van der Waals surface area contributed by atoms with Gasteiger partial charge in [0.1, 0.15) is 0 Å². The number of fused-ring (bicyclic) bond motifs is 2. The molecule has 1 aromatic carbocycles. The Bertz CT molecular complexity index is 602. The molecule has 0 aromatic heterocycles. The standard InChI is InChI=1S/C22H35NOSi/c1-22(2,3)25(4,5)24-14-13-19-15-20-11-12-21(16-19)23(20)17-18-9-7-6-8-10-18/h6-10,15,20-21H,11-14,16-17H2,1-5H3. The topological polar surface area (TPSA) is 12.5 Å². The first-order valence-corrected chi connectivity index (χ1v) is 12.8. The van der Waals surface area contributed by atoms with Crippen LogP contribution < -0.4 is 0 Å². The minimum atomic E-state index is -1.61. The quantitative estimate of drug-likeness (QED) is 0.474. The summed E-state index contributed by atoms with van der Waals surface area (Å²) in [5.74, 6) is 0. The summed E-state index contributed by atoms with van der Waals surface area (Å²) < 4.78 is 6.39. The van der Waals surface area contributed by atoms with Gasteiger partial charge in [-0.1, -0.05) is 62.8 Å². The Balaban J connectivity index is 1.55. The van der Waals surface area contributed by atoms with Gasteiger partial charge in [-0.15, -0.1) is 0 Å². The van der Waals surface area contributed by atoms with Gasteiger partial charge in [0.25, 0.3) is 0 Å². The average molecular weight is 358 g/mol. The molecule has 0 saturated carbocycles. The molecule has 2 heterocycles. The van der Waals surface area contributed by atoms with E-state index in [1.165, 1.54) is 24.8 Å². The van der Waals surface area contributed by atoms with Crippen LogP contribution in [0.15, 0.2) is 42.0 Å². The maximum Gasteiger partial charge on any atom is 0.191 e. The molecule has 0 spiro atoms. The molecule has 2 aliphatic rings. The number of rotatable bonds is 6. The lowest BCUT2D eigenvalue weighted by molar-refractivity contribution is 0.191. The number of benzene rings is 1. The highest BCUT2D eigenvalue weighted by molar-refractivity contribution is 6.74. The Morgan fingerprint density at radius 3 is 2.48 bits per heavy atom. The Hall–Kier alpha value is -0.903. The fraction of sp³-hybridized carbons (Fsp3) is 0.636. The molecular formula is C22H35NOSi. The third-order valence-electron chi connectivity index (χ3n) is 6.52. The van der Waals surface area contributed by atoms with Gasteiger partial charge in [-0.3, -0.25) is 4.90 Å². The van der Waals surface area contributed by atoms with Gasteiger partial charge in [0, 0.05) is 25.2 Å². The number of hydrogen-bond donors (Lipinski definition) is 0. The molecule has 1 fully saturated rings. The average Bonchev–Trinajstić information content (AvgIpc) is 2.77. The van der Waals surface area contributed by atoms with E-state index in [-0.39, 0.29) is 0 Å². The van der Waals surface area contributed by atoms with E-state index in [4.69, 9.17) is 4.43 Å². The van der Waals surface area contributed by atoms with Crippen LogP contribution in [0.1, 0.15) is 52.0 Å². The maximum atomic E-state index is 6.39. The van der Waals surface area contributed by atoms with Crippen molar-refractivity contribution in [2.24, 2.45) is 0 Å². The summed E-state index contributed by atoms with van der Waals surface area (Å²) in [4.78, 5) is 2.72. The first-order valence-electron chi connectivity index (χ1n) is 9.89. The highest BCUT2D eigenvalue weighted by atomic mass is 28.4. The molecule has 2 unspecified atom stereocenters. The zero-order valence-electron chi connectivity index (χ0n) is 16.7. The van der Waals surface area contributed by atoms with E-state index in [0.29, 0.717) is 11.1 Å². The summed E-state index contributed by atoms with van der Waals surface area (Å²) in [6.07, 6.45) is 7.59. The molecule has 138 valence electrons. The van der Waals surface area contributed by atoms with E-state index >= 15 is 0 Å². The van der Waals surface area contributed by atoms with Crippen LogP contribution in [0, 0.1) is 0 Å².